The zero-order valence-electron chi connectivity index (χ0n) is 9.85. The van der Waals surface area contributed by atoms with Crippen LogP contribution in [0.4, 0.5) is 8.78 Å². The van der Waals surface area contributed by atoms with Gasteiger partial charge in [0, 0.05) is 23.2 Å². The van der Waals surface area contributed by atoms with Gasteiger partial charge in [-0.15, -0.1) is 0 Å². The van der Waals surface area contributed by atoms with Gasteiger partial charge in [-0.2, -0.15) is 0 Å². The summed E-state index contributed by atoms with van der Waals surface area (Å²) in [7, 11) is 1.74. The van der Waals surface area contributed by atoms with E-state index in [1.807, 2.05) is 13.8 Å². The molecule has 1 rings (SSSR count). The summed E-state index contributed by atoms with van der Waals surface area (Å²) >= 11 is 0. The maximum absolute atomic E-state index is 13.5. The first kappa shape index (κ1) is 13.1. The number of rotatable bonds is 4. The largest absolute Gasteiger partial charge is 0.325 e. The fourth-order valence-corrected chi connectivity index (χ4v) is 1.68. The highest BCUT2D eigenvalue weighted by Gasteiger charge is 2.21. The van der Waals surface area contributed by atoms with Crippen LogP contribution in [0.15, 0.2) is 18.2 Å². The highest BCUT2D eigenvalue weighted by molar-refractivity contribution is 5.22. The first-order chi connectivity index (χ1) is 7.33. The van der Waals surface area contributed by atoms with Crippen LogP contribution in [0.3, 0.4) is 0 Å². The van der Waals surface area contributed by atoms with Gasteiger partial charge in [-0.25, -0.2) is 8.78 Å². The van der Waals surface area contributed by atoms with Gasteiger partial charge in [-0.05, 0) is 33.4 Å². The van der Waals surface area contributed by atoms with Gasteiger partial charge in [0.15, 0.2) is 0 Å². The second-order valence-corrected chi connectivity index (χ2v) is 4.70. The molecule has 0 aliphatic rings. The Kier molecular flexibility index (Phi) is 3.99. The maximum atomic E-state index is 13.5. The molecule has 1 unspecified atom stereocenters. The summed E-state index contributed by atoms with van der Waals surface area (Å²) in [5, 5.41) is 2.99. The lowest BCUT2D eigenvalue weighted by Gasteiger charge is -2.26. The van der Waals surface area contributed by atoms with Crippen LogP contribution >= 0.6 is 0 Å². The minimum Gasteiger partial charge on any atom is -0.325 e. The highest BCUT2D eigenvalue weighted by Crippen LogP contribution is 2.24. The third-order valence-electron chi connectivity index (χ3n) is 2.42. The van der Waals surface area contributed by atoms with E-state index in [0.717, 1.165) is 6.07 Å². The van der Waals surface area contributed by atoms with Crippen molar-refractivity contribution in [3.8, 4) is 0 Å². The van der Waals surface area contributed by atoms with Crippen LogP contribution in [-0.2, 0) is 0 Å². The second-order valence-electron chi connectivity index (χ2n) is 4.70. The average Bonchev–Trinajstić information content (AvgIpc) is 2.13. The first-order valence-corrected chi connectivity index (χ1v) is 5.24. The highest BCUT2D eigenvalue weighted by atomic mass is 19.1. The van der Waals surface area contributed by atoms with E-state index in [1.54, 1.807) is 7.05 Å². The molecule has 0 aliphatic carbocycles. The molecule has 0 aliphatic heterocycles. The summed E-state index contributed by atoms with van der Waals surface area (Å²) in [6.07, 6.45) is 0.575. The zero-order valence-corrected chi connectivity index (χ0v) is 9.85. The van der Waals surface area contributed by atoms with Crippen molar-refractivity contribution in [1.29, 1.82) is 0 Å². The normalized spacial score (nSPS) is 13.9. The summed E-state index contributed by atoms with van der Waals surface area (Å²) in [5.74, 6) is -1.10. The lowest BCUT2D eigenvalue weighted by Crippen LogP contribution is -2.37. The lowest BCUT2D eigenvalue weighted by molar-refractivity contribution is 0.386. The predicted octanol–water partition coefficient (Wildman–Crippen LogP) is 2.35. The van der Waals surface area contributed by atoms with Crippen molar-refractivity contribution in [2.24, 2.45) is 5.73 Å². The van der Waals surface area contributed by atoms with E-state index in [2.05, 4.69) is 5.32 Å². The third kappa shape index (κ3) is 3.54. The van der Waals surface area contributed by atoms with Crippen LogP contribution in [0.2, 0.25) is 0 Å². The quantitative estimate of drug-likeness (QED) is 0.830. The zero-order chi connectivity index (χ0) is 12.3. The van der Waals surface area contributed by atoms with Gasteiger partial charge in [0.25, 0.3) is 0 Å². The van der Waals surface area contributed by atoms with E-state index in [9.17, 15) is 8.78 Å². The molecule has 1 aromatic carbocycles. The van der Waals surface area contributed by atoms with Gasteiger partial charge >= 0.3 is 0 Å². The molecule has 16 heavy (non-hydrogen) atoms. The summed E-state index contributed by atoms with van der Waals surface area (Å²) in [4.78, 5) is 0. The average molecular weight is 228 g/mol. The summed E-state index contributed by atoms with van der Waals surface area (Å²) < 4.78 is 26.3. The van der Waals surface area contributed by atoms with Crippen LogP contribution in [-0.4, -0.2) is 12.6 Å². The second kappa shape index (κ2) is 4.89. The third-order valence-corrected chi connectivity index (χ3v) is 2.42. The minimum absolute atomic E-state index is 0.208. The van der Waals surface area contributed by atoms with E-state index in [4.69, 9.17) is 5.73 Å². The summed E-state index contributed by atoms with van der Waals surface area (Å²) in [5.41, 5.74) is 5.93. The molecule has 1 atom stereocenters. The maximum Gasteiger partial charge on any atom is 0.130 e. The van der Waals surface area contributed by atoms with Crippen molar-refractivity contribution in [3.05, 3.63) is 35.4 Å². The van der Waals surface area contributed by atoms with Gasteiger partial charge in [0.1, 0.15) is 11.6 Å². The molecular weight excluding hydrogens is 210 g/mol. The van der Waals surface area contributed by atoms with Crippen LogP contribution in [0.25, 0.3) is 0 Å². The Bertz CT molecular complexity index is 359. The van der Waals surface area contributed by atoms with Crippen molar-refractivity contribution in [1.82, 2.24) is 5.32 Å². The van der Waals surface area contributed by atoms with E-state index in [0.29, 0.717) is 12.0 Å². The molecule has 0 amide bonds. The van der Waals surface area contributed by atoms with Gasteiger partial charge in [-0.1, -0.05) is 6.07 Å². The molecule has 90 valence electrons. The number of hydrogen-bond acceptors (Lipinski definition) is 2. The monoisotopic (exact) mass is 228 g/mol. The van der Waals surface area contributed by atoms with Crippen LogP contribution in [0.1, 0.15) is 31.9 Å². The summed E-state index contributed by atoms with van der Waals surface area (Å²) in [6.45, 7) is 3.75. The van der Waals surface area contributed by atoms with Crippen LogP contribution < -0.4 is 11.1 Å². The van der Waals surface area contributed by atoms with E-state index < -0.39 is 17.2 Å². The Labute approximate surface area is 94.8 Å². The van der Waals surface area contributed by atoms with Crippen molar-refractivity contribution in [3.63, 3.8) is 0 Å². The number of hydrogen-bond donors (Lipinski definition) is 2. The van der Waals surface area contributed by atoms with Crippen molar-refractivity contribution < 1.29 is 8.78 Å². The Morgan fingerprint density at radius 2 is 2.00 bits per heavy atom. The number of halogens is 2. The van der Waals surface area contributed by atoms with Gasteiger partial charge < -0.3 is 11.1 Å². The van der Waals surface area contributed by atoms with Crippen molar-refractivity contribution >= 4 is 0 Å². The first-order valence-electron chi connectivity index (χ1n) is 5.24. The molecule has 0 bridgehead atoms. The molecule has 0 heterocycles. The molecule has 4 heteroatoms. The molecule has 0 spiro atoms. The lowest BCUT2D eigenvalue weighted by atomic mass is 9.92. The molecule has 1 aromatic rings. The molecule has 0 radical (unpaired) electrons. The smallest absolute Gasteiger partial charge is 0.130 e. The van der Waals surface area contributed by atoms with Crippen molar-refractivity contribution in [2.75, 3.05) is 7.05 Å². The number of benzene rings is 1. The van der Waals surface area contributed by atoms with Crippen molar-refractivity contribution in [2.45, 2.75) is 31.8 Å². The van der Waals surface area contributed by atoms with Gasteiger partial charge in [0.2, 0.25) is 0 Å². The number of nitrogens with one attached hydrogen (secondary N) is 1. The Morgan fingerprint density at radius 3 is 2.44 bits per heavy atom. The molecule has 0 saturated heterocycles. The minimum atomic E-state index is -0.567. The van der Waals surface area contributed by atoms with E-state index >= 15 is 0 Å². The SMILES string of the molecule is CNC(CC(C)(C)N)c1ccc(F)cc1F. The van der Waals surface area contributed by atoms with Crippen LogP contribution in [0, 0.1) is 11.6 Å². The number of nitrogens with two attached hydrogens (primary N) is 1. The van der Waals surface area contributed by atoms with Gasteiger partial charge in [-0.3, -0.25) is 0 Å². The molecule has 3 N–H and O–H groups in total. The fraction of sp³-hybridized carbons (Fsp3) is 0.500. The van der Waals surface area contributed by atoms with E-state index in [1.165, 1.54) is 12.1 Å². The Balaban J connectivity index is 2.95. The molecule has 0 saturated carbocycles. The standard InChI is InChI=1S/C12H18F2N2/c1-12(2,15)7-11(16-3)9-5-4-8(13)6-10(9)14/h4-6,11,16H,7,15H2,1-3H3. The Hall–Kier alpha value is -1.00. The van der Waals surface area contributed by atoms with Gasteiger partial charge in [0.05, 0.1) is 0 Å². The topological polar surface area (TPSA) is 38.0 Å². The Morgan fingerprint density at radius 1 is 1.38 bits per heavy atom. The molecular formula is C12H18F2N2. The predicted molar refractivity (Wildman–Crippen MR) is 61.0 cm³/mol. The molecule has 0 fully saturated rings. The molecule has 0 aromatic heterocycles. The van der Waals surface area contributed by atoms with Crippen LogP contribution in [0.5, 0.6) is 0 Å². The summed E-state index contributed by atoms with van der Waals surface area (Å²) in [6, 6.07) is 3.40. The van der Waals surface area contributed by atoms with E-state index in [-0.39, 0.29) is 6.04 Å². The fourth-order valence-electron chi connectivity index (χ4n) is 1.68. The molecule has 2 nitrogen and oxygen atoms in total.